The first-order chi connectivity index (χ1) is 8.68. The zero-order valence-electron chi connectivity index (χ0n) is 12.8. The summed E-state index contributed by atoms with van der Waals surface area (Å²) in [6.45, 7) is 8.72. The maximum absolute atomic E-state index is 11.9. The van der Waals surface area contributed by atoms with Gasteiger partial charge in [0, 0.05) is 10.6 Å². The summed E-state index contributed by atoms with van der Waals surface area (Å²) in [5, 5.41) is 0. The van der Waals surface area contributed by atoms with E-state index in [-0.39, 0.29) is 5.41 Å². The van der Waals surface area contributed by atoms with Crippen LogP contribution in [-0.2, 0) is 9.84 Å². The Hall–Kier alpha value is 0.430. The van der Waals surface area contributed by atoms with Crippen molar-refractivity contribution < 1.29 is 8.42 Å². The molecule has 19 heavy (non-hydrogen) atoms. The Bertz CT molecular complexity index is 376. The molecule has 0 amide bonds. The maximum Gasteiger partial charge on any atom is 0.150 e. The molecule has 114 valence electrons. The highest BCUT2D eigenvalue weighted by Crippen LogP contribution is 2.45. The van der Waals surface area contributed by atoms with E-state index in [0.717, 1.165) is 18.8 Å². The Labute approximate surface area is 127 Å². The summed E-state index contributed by atoms with van der Waals surface area (Å²) in [7, 11) is -2.85. The van der Waals surface area contributed by atoms with Gasteiger partial charge < -0.3 is 0 Å². The Balaban J connectivity index is 2.60. The smallest absolute Gasteiger partial charge is 0.150 e. The van der Waals surface area contributed by atoms with Crippen LogP contribution in [0.1, 0.15) is 59.8 Å². The van der Waals surface area contributed by atoms with Crippen molar-refractivity contribution in [3.8, 4) is 0 Å². The van der Waals surface area contributed by atoms with E-state index in [0.29, 0.717) is 22.3 Å². The van der Waals surface area contributed by atoms with E-state index in [1.807, 2.05) is 6.92 Å². The van der Waals surface area contributed by atoms with Gasteiger partial charge in [-0.2, -0.15) is 0 Å². The molecule has 1 aliphatic carbocycles. The van der Waals surface area contributed by atoms with Crippen LogP contribution in [0.15, 0.2) is 0 Å². The van der Waals surface area contributed by atoms with Crippen LogP contribution in [0, 0.1) is 17.3 Å². The molecule has 0 aliphatic heterocycles. The monoisotopic (exact) mass is 352 g/mol. The fourth-order valence-electron chi connectivity index (χ4n) is 3.21. The summed E-state index contributed by atoms with van der Waals surface area (Å²) in [6, 6.07) is 0. The fraction of sp³-hybridized carbons (Fsp3) is 1.00. The molecule has 2 nitrogen and oxygen atoms in total. The van der Waals surface area contributed by atoms with Crippen LogP contribution in [0.25, 0.3) is 0 Å². The molecule has 0 saturated heterocycles. The third-order valence-corrected chi connectivity index (χ3v) is 7.48. The standard InChI is InChI=1S/C15H29BrO2S/c1-5-9-19(17,18)10-8-15(3,4)13-7-6-12(2)11-14(13)16/h12-14H,5-11H2,1-4H3. The Morgan fingerprint density at radius 2 is 1.84 bits per heavy atom. The number of rotatable bonds is 6. The third kappa shape index (κ3) is 5.37. The predicted molar refractivity (Wildman–Crippen MR) is 86.6 cm³/mol. The van der Waals surface area contributed by atoms with Crippen molar-refractivity contribution in [2.75, 3.05) is 11.5 Å². The van der Waals surface area contributed by atoms with Crippen molar-refractivity contribution in [1.29, 1.82) is 0 Å². The summed E-state index contributed by atoms with van der Waals surface area (Å²) >= 11 is 3.83. The highest BCUT2D eigenvalue weighted by Gasteiger charge is 2.38. The van der Waals surface area contributed by atoms with Gasteiger partial charge in [0.15, 0.2) is 0 Å². The summed E-state index contributed by atoms with van der Waals surface area (Å²) in [5.74, 6) is 2.07. The first kappa shape index (κ1) is 17.5. The van der Waals surface area contributed by atoms with Crippen molar-refractivity contribution in [3.63, 3.8) is 0 Å². The average molecular weight is 353 g/mol. The first-order valence-corrected chi connectivity index (χ1v) is 10.3. The zero-order chi connectivity index (χ0) is 14.7. The molecule has 0 heterocycles. The molecule has 1 fully saturated rings. The molecule has 0 radical (unpaired) electrons. The van der Waals surface area contributed by atoms with E-state index in [4.69, 9.17) is 0 Å². The number of halogens is 1. The second kappa shape index (κ2) is 6.93. The van der Waals surface area contributed by atoms with Gasteiger partial charge in [-0.25, -0.2) is 8.42 Å². The molecule has 0 aromatic heterocycles. The lowest BCUT2D eigenvalue weighted by Gasteiger charge is -2.42. The topological polar surface area (TPSA) is 34.1 Å². The second-order valence-corrected chi connectivity index (χ2v) is 10.4. The van der Waals surface area contributed by atoms with Gasteiger partial charge in [0.2, 0.25) is 0 Å². The van der Waals surface area contributed by atoms with Gasteiger partial charge >= 0.3 is 0 Å². The minimum absolute atomic E-state index is 0.106. The average Bonchev–Trinajstić information content (AvgIpc) is 2.26. The van der Waals surface area contributed by atoms with E-state index in [9.17, 15) is 8.42 Å². The highest BCUT2D eigenvalue weighted by atomic mass is 79.9. The molecule has 4 heteroatoms. The fourth-order valence-corrected chi connectivity index (χ4v) is 6.49. The number of hydrogen-bond acceptors (Lipinski definition) is 2. The molecule has 1 saturated carbocycles. The van der Waals surface area contributed by atoms with Crippen molar-refractivity contribution in [2.24, 2.45) is 17.3 Å². The van der Waals surface area contributed by atoms with Crippen LogP contribution in [0.5, 0.6) is 0 Å². The first-order valence-electron chi connectivity index (χ1n) is 7.52. The second-order valence-electron chi connectivity index (χ2n) is 6.93. The Kier molecular flexibility index (Phi) is 6.37. The molecule has 0 aromatic rings. The molecular formula is C15H29BrO2S. The van der Waals surface area contributed by atoms with Crippen molar-refractivity contribution in [2.45, 2.75) is 64.6 Å². The molecule has 0 bridgehead atoms. The molecule has 0 N–H and O–H groups in total. The van der Waals surface area contributed by atoms with Crippen molar-refractivity contribution >= 4 is 25.8 Å². The lowest BCUT2D eigenvalue weighted by molar-refractivity contribution is 0.143. The van der Waals surface area contributed by atoms with Crippen LogP contribution in [0.4, 0.5) is 0 Å². The normalized spacial score (nSPS) is 29.4. The van der Waals surface area contributed by atoms with Crippen LogP contribution < -0.4 is 0 Å². The van der Waals surface area contributed by atoms with Gasteiger partial charge in [-0.1, -0.05) is 50.0 Å². The molecular weight excluding hydrogens is 324 g/mol. The number of hydrogen-bond donors (Lipinski definition) is 0. The highest BCUT2D eigenvalue weighted by molar-refractivity contribution is 9.09. The van der Waals surface area contributed by atoms with Gasteiger partial charge in [0.25, 0.3) is 0 Å². The molecule has 0 aromatic carbocycles. The molecule has 3 unspecified atom stereocenters. The minimum Gasteiger partial charge on any atom is -0.229 e. The lowest BCUT2D eigenvalue weighted by Crippen LogP contribution is -2.37. The van der Waals surface area contributed by atoms with Crippen LogP contribution in [-0.4, -0.2) is 24.8 Å². The van der Waals surface area contributed by atoms with Crippen LogP contribution >= 0.6 is 15.9 Å². The Morgan fingerprint density at radius 3 is 2.37 bits per heavy atom. The van der Waals surface area contributed by atoms with Crippen molar-refractivity contribution in [3.05, 3.63) is 0 Å². The van der Waals surface area contributed by atoms with Gasteiger partial charge in [-0.05, 0) is 42.9 Å². The van der Waals surface area contributed by atoms with E-state index < -0.39 is 9.84 Å². The summed E-state index contributed by atoms with van der Waals surface area (Å²) in [5.41, 5.74) is 0.106. The number of sulfone groups is 1. The van der Waals surface area contributed by atoms with Crippen LogP contribution in [0.2, 0.25) is 0 Å². The van der Waals surface area contributed by atoms with Gasteiger partial charge in [-0.3, -0.25) is 0 Å². The molecule has 1 rings (SSSR count). The van der Waals surface area contributed by atoms with Gasteiger partial charge in [0.05, 0.1) is 5.75 Å². The summed E-state index contributed by atoms with van der Waals surface area (Å²) in [4.78, 5) is 0.542. The van der Waals surface area contributed by atoms with E-state index in [2.05, 4.69) is 36.7 Å². The zero-order valence-corrected chi connectivity index (χ0v) is 15.2. The lowest BCUT2D eigenvalue weighted by atomic mass is 9.68. The third-order valence-electron chi connectivity index (χ3n) is 4.61. The number of alkyl halides is 1. The summed E-state index contributed by atoms with van der Waals surface area (Å²) in [6.07, 6.45) is 5.23. The van der Waals surface area contributed by atoms with Crippen LogP contribution in [0.3, 0.4) is 0 Å². The van der Waals surface area contributed by atoms with Crippen molar-refractivity contribution in [1.82, 2.24) is 0 Å². The van der Waals surface area contributed by atoms with E-state index in [1.165, 1.54) is 19.3 Å². The van der Waals surface area contributed by atoms with E-state index in [1.54, 1.807) is 0 Å². The van der Waals surface area contributed by atoms with Gasteiger partial charge in [0.1, 0.15) is 9.84 Å². The minimum atomic E-state index is -2.85. The van der Waals surface area contributed by atoms with Gasteiger partial charge in [-0.15, -0.1) is 0 Å². The van der Waals surface area contributed by atoms with E-state index >= 15 is 0 Å². The summed E-state index contributed by atoms with van der Waals surface area (Å²) < 4.78 is 23.8. The Morgan fingerprint density at radius 1 is 1.21 bits per heavy atom. The molecule has 3 atom stereocenters. The maximum atomic E-state index is 11.9. The molecule has 0 spiro atoms. The molecule has 1 aliphatic rings. The SMILES string of the molecule is CCCS(=O)(=O)CCC(C)(C)C1CCC(C)CC1Br. The quantitative estimate of drug-likeness (QED) is 0.662. The largest absolute Gasteiger partial charge is 0.229 e. The predicted octanol–water partition coefficient (Wildman–Crippen LogP) is 4.43.